The molecule has 156 valence electrons. The Morgan fingerprint density at radius 1 is 1.20 bits per heavy atom. The van der Waals surface area contributed by atoms with Crippen molar-refractivity contribution >= 4 is 33.9 Å². The van der Waals surface area contributed by atoms with Crippen LogP contribution in [-0.4, -0.2) is 43.9 Å². The normalized spacial score (nSPS) is 14.0. The van der Waals surface area contributed by atoms with Crippen LogP contribution in [0.5, 0.6) is 0 Å². The predicted octanol–water partition coefficient (Wildman–Crippen LogP) is 4.27. The summed E-state index contributed by atoms with van der Waals surface area (Å²) < 4.78 is 38.2. The van der Waals surface area contributed by atoms with Crippen LogP contribution < -0.4 is 10.2 Å². The molecule has 1 aliphatic heterocycles. The van der Waals surface area contributed by atoms with Gasteiger partial charge in [0.1, 0.15) is 17.2 Å². The number of fused-ring (bicyclic) bond motifs is 1. The van der Waals surface area contributed by atoms with Gasteiger partial charge in [-0.3, -0.25) is 4.98 Å². The second-order valence-electron chi connectivity index (χ2n) is 6.82. The van der Waals surface area contributed by atoms with Gasteiger partial charge in [-0.05, 0) is 37.3 Å². The lowest BCUT2D eigenvalue weighted by Crippen LogP contribution is -2.36. The number of hydrogen-bond acceptors (Lipinski definition) is 6. The predicted molar refractivity (Wildman–Crippen MR) is 110 cm³/mol. The molecule has 0 saturated carbocycles. The summed E-state index contributed by atoms with van der Waals surface area (Å²) in [6.45, 7) is 4.64. The summed E-state index contributed by atoms with van der Waals surface area (Å²) in [7, 11) is 0. The average molecular weight is 413 g/mol. The maximum absolute atomic E-state index is 14.3. The van der Waals surface area contributed by atoms with Gasteiger partial charge in [-0.1, -0.05) is 0 Å². The molecule has 0 unspecified atom stereocenters. The molecule has 2 heterocycles. The van der Waals surface area contributed by atoms with E-state index in [2.05, 4.69) is 15.2 Å². The van der Waals surface area contributed by atoms with Crippen molar-refractivity contribution in [3.8, 4) is 0 Å². The number of hydrogen-bond donors (Lipinski definition) is 1. The van der Waals surface area contributed by atoms with Crippen LogP contribution in [0.2, 0.25) is 0 Å². The average Bonchev–Trinajstić information content (AvgIpc) is 2.76. The van der Waals surface area contributed by atoms with Crippen LogP contribution in [0.25, 0.3) is 10.9 Å². The third kappa shape index (κ3) is 4.04. The van der Waals surface area contributed by atoms with Crippen LogP contribution >= 0.6 is 0 Å². The molecule has 0 spiro atoms. The van der Waals surface area contributed by atoms with Crippen LogP contribution in [0.15, 0.2) is 42.6 Å². The third-order valence-electron chi connectivity index (χ3n) is 4.91. The van der Waals surface area contributed by atoms with Crippen molar-refractivity contribution in [1.82, 2.24) is 4.98 Å². The molecule has 1 aromatic heterocycles. The Morgan fingerprint density at radius 2 is 2.00 bits per heavy atom. The van der Waals surface area contributed by atoms with Crippen LogP contribution in [-0.2, 0) is 9.47 Å². The van der Waals surface area contributed by atoms with Crippen LogP contribution in [0, 0.1) is 11.6 Å². The molecule has 0 aliphatic carbocycles. The van der Waals surface area contributed by atoms with Crippen LogP contribution in [0.4, 0.5) is 25.8 Å². The summed E-state index contributed by atoms with van der Waals surface area (Å²) in [6.07, 6.45) is 1.40. The summed E-state index contributed by atoms with van der Waals surface area (Å²) in [5.41, 5.74) is 2.15. The summed E-state index contributed by atoms with van der Waals surface area (Å²) >= 11 is 0. The van der Waals surface area contributed by atoms with Crippen molar-refractivity contribution in [1.29, 1.82) is 0 Å². The molecule has 3 aromatic rings. The van der Waals surface area contributed by atoms with Gasteiger partial charge in [0.2, 0.25) is 0 Å². The molecule has 1 N–H and O–H groups in total. The van der Waals surface area contributed by atoms with E-state index in [-0.39, 0.29) is 17.9 Å². The molecule has 0 atom stereocenters. The number of anilines is 3. The summed E-state index contributed by atoms with van der Waals surface area (Å²) in [6, 6.07) is 8.93. The first-order valence-corrected chi connectivity index (χ1v) is 9.71. The van der Waals surface area contributed by atoms with E-state index in [0.717, 1.165) is 30.9 Å². The van der Waals surface area contributed by atoms with Crippen molar-refractivity contribution < 1.29 is 23.0 Å². The molecule has 30 heavy (non-hydrogen) atoms. The first-order valence-electron chi connectivity index (χ1n) is 9.71. The Kier molecular flexibility index (Phi) is 5.76. The molecular weight excluding hydrogens is 392 g/mol. The highest BCUT2D eigenvalue weighted by Gasteiger charge is 2.20. The van der Waals surface area contributed by atoms with E-state index in [1.54, 1.807) is 6.92 Å². The van der Waals surface area contributed by atoms with Gasteiger partial charge in [-0.2, -0.15) is 0 Å². The molecule has 4 rings (SSSR count). The number of carbonyl (C=O) groups is 1. The Labute approximate surface area is 172 Å². The van der Waals surface area contributed by atoms with Crippen molar-refractivity contribution in [2.45, 2.75) is 6.92 Å². The van der Waals surface area contributed by atoms with E-state index >= 15 is 0 Å². The van der Waals surface area contributed by atoms with Gasteiger partial charge in [0.05, 0.1) is 36.7 Å². The number of nitrogens with one attached hydrogen (secondary N) is 1. The number of pyridine rings is 1. The minimum atomic E-state index is -0.765. The fourth-order valence-electron chi connectivity index (χ4n) is 3.42. The smallest absolute Gasteiger partial charge is 0.341 e. The van der Waals surface area contributed by atoms with Crippen molar-refractivity contribution in [2.24, 2.45) is 0 Å². The number of esters is 1. The second kappa shape index (κ2) is 8.62. The molecule has 8 heteroatoms. The highest BCUT2D eigenvalue weighted by atomic mass is 19.1. The third-order valence-corrected chi connectivity index (χ3v) is 4.91. The minimum absolute atomic E-state index is 0.0474. The van der Waals surface area contributed by atoms with Crippen molar-refractivity contribution in [2.75, 3.05) is 43.1 Å². The molecule has 2 aromatic carbocycles. The molecule has 1 fully saturated rings. The molecule has 1 saturated heterocycles. The number of nitrogens with zero attached hydrogens (tertiary/aromatic N) is 2. The maximum atomic E-state index is 14.3. The van der Waals surface area contributed by atoms with Crippen molar-refractivity contribution in [3.05, 3.63) is 59.8 Å². The standard InChI is InChI=1S/C22H21F2N3O3/c1-2-30-22(28)17-13-25-19-6-4-15(27-7-9-29-10-8-27)12-16(19)21(17)26-20-5-3-14(23)11-18(20)24/h3-6,11-13H,2,7-10H2,1H3,(H,25,26). The SMILES string of the molecule is CCOC(=O)c1cnc2ccc(N3CCOCC3)cc2c1Nc1ccc(F)cc1F. The lowest BCUT2D eigenvalue weighted by atomic mass is 10.1. The Bertz CT molecular complexity index is 1080. The van der Waals surface area contributed by atoms with Gasteiger partial charge in [-0.25, -0.2) is 13.6 Å². The van der Waals surface area contributed by atoms with Gasteiger partial charge in [0, 0.05) is 36.4 Å². The van der Waals surface area contributed by atoms with E-state index in [1.165, 1.54) is 12.3 Å². The zero-order chi connectivity index (χ0) is 21.1. The quantitative estimate of drug-likeness (QED) is 0.631. The molecule has 0 radical (unpaired) electrons. The van der Waals surface area contributed by atoms with Crippen LogP contribution in [0.1, 0.15) is 17.3 Å². The number of halogens is 2. The monoisotopic (exact) mass is 413 g/mol. The fourth-order valence-corrected chi connectivity index (χ4v) is 3.42. The molecule has 1 aliphatic rings. The lowest BCUT2D eigenvalue weighted by Gasteiger charge is -2.29. The summed E-state index contributed by atoms with van der Waals surface area (Å²) in [5, 5.41) is 3.59. The zero-order valence-electron chi connectivity index (χ0n) is 16.5. The Balaban J connectivity index is 1.84. The molecule has 6 nitrogen and oxygen atoms in total. The van der Waals surface area contributed by atoms with Gasteiger partial charge in [0.25, 0.3) is 0 Å². The maximum Gasteiger partial charge on any atom is 0.341 e. The molecule has 0 amide bonds. The van der Waals surface area contributed by atoms with Crippen molar-refractivity contribution in [3.63, 3.8) is 0 Å². The Morgan fingerprint density at radius 3 is 2.73 bits per heavy atom. The summed E-state index contributed by atoms with van der Waals surface area (Å²) in [5.74, 6) is -2.02. The highest BCUT2D eigenvalue weighted by Crippen LogP contribution is 2.33. The van der Waals surface area contributed by atoms with Gasteiger partial charge in [0.15, 0.2) is 0 Å². The first-order chi connectivity index (χ1) is 14.6. The molecular formula is C22H21F2N3O3. The molecule has 0 bridgehead atoms. The van der Waals surface area contributed by atoms with Gasteiger partial charge < -0.3 is 19.7 Å². The number of ether oxygens (including phenoxy) is 2. The topological polar surface area (TPSA) is 63.7 Å². The number of benzene rings is 2. The van der Waals surface area contributed by atoms with E-state index < -0.39 is 17.6 Å². The highest BCUT2D eigenvalue weighted by molar-refractivity contribution is 6.06. The number of aromatic nitrogens is 1. The van der Waals surface area contributed by atoms with Gasteiger partial charge >= 0.3 is 5.97 Å². The number of rotatable bonds is 5. The van der Waals surface area contributed by atoms with Crippen LogP contribution in [0.3, 0.4) is 0 Å². The fraction of sp³-hybridized carbons (Fsp3) is 0.273. The van der Waals surface area contributed by atoms with E-state index in [1.807, 2.05) is 18.2 Å². The second-order valence-corrected chi connectivity index (χ2v) is 6.82. The number of carbonyl (C=O) groups excluding carboxylic acids is 1. The lowest BCUT2D eigenvalue weighted by molar-refractivity contribution is 0.0527. The Hall–Kier alpha value is -3.26. The summed E-state index contributed by atoms with van der Waals surface area (Å²) in [4.78, 5) is 19.1. The largest absolute Gasteiger partial charge is 0.462 e. The number of morpholine rings is 1. The first kappa shape index (κ1) is 20.0. The van der Waals surface area contributed by atoms with E-state index in [4.69, 9.17) is 9.47 Å². The van der Waals surface area contributed by atoms with E-state index in [9.17, 15) is 13.6 Å². The van der Waals surface area contributed by atoms with Gasteiger partial charge in [-0.15, -0.1) is 0 Å². The zero-order valence-corrected chi connectivity index (χ0v) is 16.5. The minimum Gasteiger partial charge on any atom is -0.462 e. The van der Waals surface area contributed by atoms with E-state index in [0.29, 0.717) is 29.8 Å².